The average molecular weight is 288 g/mol. The minimum Gasteiger partial charge on any atom is -0.312 e. The molecule has 1 unspecified atom stereocenters. The van der Waals surface area contributed by atoms with Crippen LogP contribution in [0, 0.1) is 0 Å². The topological polar surface area (TPSA) is 34.0 Å². The molecule has 0 aliphatic carbocycles. The molecular weight excluding hydrogens is 272 g/mol. The summed E-state index contributed by atoms with van der Waals surface area (Å²) in [5.74, 6) is 1.07. The Labute approximate surface area is 129 Å². The number of carbonyl (C=O) groups is 1. The van der Waals surface area contributed by atoms with Crippen molar-refractivity contribution in [3.63, 3.8) is 0 Å². The molecule has 1 aromatic heterocycles. The van der Waals surface area contributed by atoms with Crippen molar-refractivity contribution in [2.45, 2.75) is 12.3 Å². The Balaban J connectivity index is 1.83. The monoisotopic (exact) mass is 288 g/mol. The predicted molar refractivity (Wildman–Crippen MR) is 87.3 cm³/mol. The second kappa shape index (κ2) is 5.19. The van der Waals surface area contributed by atoms with Crippen LogP contribution in [0.2, 0.25) is 0 Å². The van der Waals surface area contributed by atoms with Crippen molar-refractivity contribution in [1.29, 1.82) is 0 Å². The van der Waals surface area contributed by atoms with Gasteiger partial charge < -0.3 is 9.88 Å². The van der Waals surface area contributed by atoms with Crippen LogP contribution in [0.3, 0.4) is 0 Å². The Bertz CT molecular complexity index is 806. The maximum absolute atomic E-state index is 12.2. The van der Waals surface area contributed by atoms with Crippen LogP contribution < -0.4 is 5.32 Å². The summed E-state index contributed by atoms with van der Waals surface area (Å²) in [5.41, 5.74) is 3.41. The molecule has 1 atom stereocenters. The molecule has 2 heterocycles. The fraction of sp³-hybridized carbons (Fsp3) is 0.105. The fourth-order valence-corrected chi connectivity index (χ4v) is 3.13. The van der Waals surface area contributed by atoms with Gasteiger partial charge in [-0.15, -0.1) is 0 Å². The molecule has 3 nitrogen and oxygen atoms in total. The first kappa shape index (κ1) is 12.9. The summed E-state index contributed by atoms with van der Waals surface area (Å²) >= 11 is 0. The third kappa shape index (κ3) is 2.11. The molecule has 2 aromatic carbocycles. The number of carbonyl (C=O) groups excluding carboxylic acids is 1. The summed E-state index contributed by atoms with van der Waals surface area (Å²) < 4.78 is 2.04. The van der Waals surface area contributed by atoms with Crippen molar-refractivity contribution in [3.8, 4) is 5.69 Å². The van der Waals surface area contributed by atoms with Gasteiger partial charge in [-0.3, -0.25) is 4.79 Å². The van der Waals surface area contributed by atoms with E-state index in [9.17, 15) is 4.79 Å². The second-order valence-corrected chi connectivity index (χ2v) is 5.54. The molecule has 0 bridgehead atoms. The van der Waals surface area contributed by atoms with Crippen molar-refractivity contribution >= 4 is 11.7 Å². The summed E-state index contributed by atoms with van der Waals surface area (Å²) in [6, 6.07) is 22.4. The number of aromatic nitrogens is 1. The van der Waals surface area contributed by atoms with E-state index >= 15 is 0 Å². The number of amides is 1. The predicted octanol–water partition coefficient (Wildman–Crippen LogP) is 3.95. The molecule has 0 spiro atoms. The summed E-state index contributed by atoms with van der Waals surface area (Å²) in [5, 5.41) is 3.03. The zero-order valence-electron chi connectivity index (χ0n) is 12.1. The minimum absolute atomic E-state index is 0.0669. The lowest BCUT2D eigenvalue weighted by Crippen LogP contribution is -2.24. The molecule has 1 aliphatic heterocycles. The van der Waals surface area contributed by atoms with Gasteiger partial charge in [0.1, 0.15) is 5.82 Å². The largest absolute Gasteiger partial charge is 0.312 e. The van der Waals surface area contributed by atoms with Crippen LogP contribution >= 0.6 is 0 Å². The Morgan fingerprint density at radius 2 is 1.59 bits per heavy atom. The number of rotatable bonds is 2. The standard InChI is InChI=1S/C19H16N2O/c22-18-13-17(14-7-3-1-4-8-14)16-11-12-21(19(16)20-18)15-9-5-2-6-10-15/h1-12,17H,13H2,(H,20,22). The number of nitrogens with one attached hydrogen (secondary N) is 1. The number of fused-ring (bicyclic) bond motifs is 1. The number of para-hydroxylation sites is 1. The summed E-state index contributed by atoms with van der Waals surface area (Å²) in [6.07, 6.45) is 2.53. The third-order valence-corrected chi connectivity index (χ3v) is 4.18. The summed E-state index contributed by atoms with van der Waals surface area (Å²) in [4.78, 5) is 12.2. The Morgan fingerprint density at radius 3 is 2.32 bits per heavy atom. The fourth-order valence-electron chi connectivity index (χ4n) is 3.13. The van der Waals surface area contributed by atoms with Crippen LogP contribution in [-0.4, -0.2) is 10.5 Å². The van der Waals surface area contributed by atoms with Crippen molar-refractivity contribution in [2.24, 2.45) is 0 Å². The lowest BCUT2D eigenvalue weighted by atomic mass is 9.87. The molecular formula is C19H16N2O. The lowest BCUT2D eigenvalue weighted by molar-refractivity contribution is -0.116. The zero-order valence-corrected chi connectivity index (χ0v) is 12.1. The molecule has 0 saturated carbocycles. The van der Waals surface area contributed by atoms with Gasteiger partial charge in [0.15, 0.2) is 0 Å². The number of hydrogen-bond donors (Lipinski definition) is 1. The van der Waals surface area contributed by atoms with Gasteiger partial charge in [-0.1, -0.05) is 48.5 Å². The van der Waals surface area contributed by atoms with Crippen molar-refractivity contribution in [3.05, 3.63) is 84.1 Å². The van der Waals surface area contributed by atoms with E-state index in [4.69, 9.17) is 0 Å². The van der Waals surface area contributed by atoms with E-state index in [-0.39, 0.29) is 11.8 Å². The average Bonchev–Trinajstić information content (AvgIpc) is 2.99. The van der Waals surface area contributed by atoms with E-state index in [2.05, 4.69) is 23.5 Å². The highest BCUT2D eigenvalue weighted by Gasteiger charge is 2.29. The van der Waals surface area contributed by atoms with E-state index < -0.39 is 0 Å². The lowest BCUT2D eigenvalue weighted by Gasteiger charge is -2.24. The van der Waals surface area contributed by atoms with Crippen LogP contribution in [0.1, 0.15) is 23.5 Å². The van der Waals surface area contributed by atoms with Crippen LogP contribution in [0.5, 0.6) is 0 Å². The van der Waals surface area contributed by atoms with Crippen LogP contribution in [0.4, 0.5) is 5.82 Å². The van der Waals surface area contributed by atoms with Gasteiger partial charge >= 0.3 is 0 Å². The van der Waals surface area contributed by atoms with Crippen molar-refractivity contribution in [2.75, 3.05) is 5.32 Å². The molecule has 1 amide bonds. The van der Waals surface area contributed by atoms with E-state index in [0.29, 0.717) is 6.42 Å². The van der Waals surface area contributed by atoms with Crippen molar-refractivity contribution < 1.29 is 4.79 Å². The van der Waals surface area contributed by atoms with Gasteiger partial charge in [-0.05, 0) is 23.8 Å². The van der Waals surface area contributed by atoms with E-state index in [0.717, 1.165) is 11.5 Å². The highest BCUT2D eigenvalue weighted by atomic mass is 16.1. The molecule has 0 radical (unpaired) electrons. The first-order valence-corrected chi connectivity index (χ1v) is 7.44. The van der Waals surface area contributed by atoms with Gasteiger partial charge in [0.05, 0.1) is 0 Å². The molecule has 1 aliphatic rings. The maximum atomic E-state index is 12.2. The first-order chi connectivity index (χ1) is 10.8. The normalized spacial score (nSPS) is 16.9. The smallest absolute Gasteiger partial charge is 0.226 e. The number of benzene rings is 2. The van der Waals surface area contributed by atoms with Crippen LogP contribution in [0.25, 0.3) is 5.69 Å². The maximum Gasteiger partial charge on any atom is 0.226 e. The van der Waals surface area contributed by atoms with Crippen LogP contribution in [-0.2, 0) is 4.79 Å². The highest BCUT2D eigenvalue weighted by Crippen LogP contribution is 2.38. The van der Waals surface area contributed by atoms with Gasteiger partial charge in [0, 0.05) is 29.8 Å². The Hall–Kier alpha value is -2.81. The SMILES string of the molecule is O=C1CC(c2ccccc2)c2ccn(-c3ccccc3)c2N1. The third-order valence-electron chi connectivity index (χ3n) is 4.18. The number of anilines is 1. The molecule has 0 fully saturated rings. The van der Waals surface area contributed by atoms with Gasteiger partial charge in [0.2, 0.25) is 5.91 Å². The molecule has 3 heteroatoms. The molecule has 22 heavy (non-hydrogen) atoms. The zero-order chi connectivity index (χ0) is 14.9. The Kier molecular flexibility index (Phi) is 3.04. The Morgan fingerprint density at radius 1 is 0.909 bits per heavy atom. The molecule has 0 saturated heterocycles. The van der Waals surface area contributed by atoms with E-state index in [1.54, 1.807) is 0 Å². The molecule has 4 rings (SSSR count). The van der Waals surface area contributed by atoms with Crippen molar-refractivity contribution in [1.82, 2.24) is 4.57 Å². The highest BCUT2D eigenvalue weighted by molar-refractivity contribution is 5.95. The number of nitrogens with zero attached hydrogens (tertiary/aromatic N) is 1. The van der Waals surface area contributed by atoms with Gasteiger partial charge in [-0.25, -0.2) is 0 Å². The van der Waals surface area contributed by atoms with E-state index in [1.165, 1.54) is 11.1 Å². The van der Waals surface area contributed by atoms with Gasteiger partial charge in [0.25, 0.3) is 0 Å². The number of hydrogen-bond acceptors (Lipinski definition) is 1. The minimum atomic E-state index is 0.0669. The van der Waals surface area contributed by atoms with E-state index in [1.807, 2.05) is 59.3 Å². The summed E-state index contributed by atoms with van der Waals surface area (Å²) in [7, 11) is 0. The molecule has 1 N–H and O–H groups in total. The summed E-state index contributed by atoms with van der Waals surface area (Å²) in [6.45, 7) is 0. The molecule has 3 aromatic rings. The second-order valence-electron chi connectivity index (χ2n) is 5.54. The molecule has 108 valence electrons. The van der Waals surface area contributed by atoms with Gasteiger partial charge in [-0.2, -0.15) is 0 Å². The quantitative estimate of drug-likeness (QED) is 0.761. The van der Waals surface area contributed by atoms with Crippen LogP contribution in [0.15, 0.2) is 72.9 Å². The first-order valence-electron chi connectivity index (χ1n) is 7.44.